The zero-order valence-electron chi connectivity index (χ0n) is 17.2. The molecule has 0 bridgehead atoms. The molecule has 0 radical (unpaired) electrons. The van der Waals surface area contributed by atoms with Gasteiger partial charge in [0.2, 0.25) is 0 Å². The Kier molecular flexibility index (Phi) is 7.68. The number of methoxy groups -OCH3 is 2. The molecule has 2 aliphatic heterocycles. The van der Waals surface area contributed by atoms with E-state index in [1.807, 2.05) is 0 Å². The van der Waals surface area contributed by atoms with Crippen molar-refractivity contribution in [2.45, 2.75) is 12.8 Å². The molecule has 2 aromatic carbocycles. The predicted molar refractivity (Wildman–Crippen MR) is 120 cm³/mol. The molecular formula is C22H18Br2O8. The van der Waals surface area contributed by atoms with Gasteiger partial charge in [-0.05, 0) is 56.1 Å². The van der Waals surface area contributed by atoms with Crippen LogP contribution in [0.4, 0.5) is 0 Å². The minimum Gasteiger partial charge on any atom is -0.492 e. The van der Waals surface area contributed by atoms with E-state index in [-0.39, 0.29) is 11.6 Å². The Labute approximate surface area is 200 Å². The first-order valence-electron chi connectivity index (χ1n) is 9.42. The van der Waals surface area contributed by atoms with E-state index in [2.05, 4.69) is 41.3 Å². The first-order valence-corrected chi connectivity index (χ1v) is 11.0. The lowest BCUT2D eigenvalue weighted by Gasteiger charge is -2.17. The molecule has 2 aromatic rings. The van der Waals surface area contributed by atoms with Crippen molar-refractivity contribution in [2.75, 3.05) is 27.4 Å². The third-order valence-electron chi connectivity index (χ3n) is 4.72. The summed E-state index contributed by atoms with van der Waals surface area (Å²) in [5.41, 5.74) is 1.73. The molecule has 8 nitrogen and oxygen atoms in total. The number of carbonyl (C=O) groups is 4. The maximum atomic E-state index is 11.6. The normalized spacial score (nSPS) is 14.0. The van der Waals surface area contributed by atoms with Crippen LogP contribution in [0.5, 0.6) is 11.5 Å². The predicted octanol–water partition coefficient (Wildman–Crippen LogP) is 4.40. The van der Waals surface area contributed by atoms with Crippen molar-refractivity contribution >= 4 is 55.4 Å². The molecule has 4 rings (SSSR count). The third kappa shape index (κ3) is 5.02. The lowest BCUT2D eigenvalue weighted by Crippen LogP contribution is -2.16. The Morgan fingerprint density at radius 3 is 1.47 bits per heavy atom. The fourth-order valence-electron chi connectivity index (χ4n) is 3.09. The summed E-state index contributed by atoms with van der Waals surface area (Å²) in [6.07, 6.45) is 0.744. The molecule has 2 heterocycles. The highest BCUT2D eigenvalue weighted by Crippen LogP contribution is 2.32. The number of halogens is 2. The maximum Gasteiger partial charge on any atom is 0.339 e. The zero-order valence-corrected chi connectivity index (χ0v) is 20.3. The van der Waals surface area contributed by atoms with Gasteiger partial charge in [0.25, 0.3) is 0 Å². The number of ether oxygens (including phenoxy) is 4. The minimum atomic E-state index is -0.462. The number of fused-ring (bicyclic) bond motifs is 2. The molecule has 0 saturated carbocycles. The summed E-state index contributed by atoms with van der Waals surface area (Å²) in [6, 6.07) is 6.26. The van der Waals surface area contributed by atoms with Crippen molar-refractivity contribution in [1.29, 1.82) is 0 Å². The van der Waals surface area contributed by atoms with E-state index in [4.69, 9.17) is 9.47 Å². The first-order chi connectivity index (χ1) is 15.3. The quantitative estimate of drug-likeness (QED) is 0.490. The number of hydrogen-bond acceptors (Lipinski definition) is 8. The minimum absolute atomic E-state index is 0.0263. The Balaban J connectivity index is 0.000000181. The van der Waals surface area contributed by atoms with Crippen LogP contribution < -0.4 is 9.47 Å². The van der Waals surface area contributed by atoms with Crippen LogP contribution in [0.3, 0.4) is 0 Å². The fraction of sp³-hybridized carbons (Fsp3) is 0.273. The fourth-order valence-corrected chi connectivity index (χ4v) is 4.10. The van der Waals surface area contributed by atoms with E-state index in [0.29, 0.717) is 68.8 Å². The van der Waals surface area contributed by atoms with E-state index >= 15 is 0 Å². The van der Waals surface area contributed by atoms with Gasteiger partial charge in [-0.2, -0.15) is 0 Å². The molecule has 0 unspecified atom stereocenters. The number of esters is 2. The molecule has 0 fully saturated rings. The topological polar surface area (TPSA) is 105 Å². The summed E-state index contributed by atoms with van der Waals surface area (Å²) in [5, 5.41) is 0. The van der Waals surface area contributed by atoms with Crippen LogP contribution in [-0.4, -0.2) is 50.9 Å². The monoisotopic (exact) mass is 568 g/mol. The summed E-state index contributed by atoms with van der Waals surface area (Å²) < 4.78 is 21.0. The van der Waals surface area contributed by atoms with Gasteiger partial charge in [0.15, 0.2) is 11.6 Å². The van der Waals surface area contributed by atoms with Gasteiger partial charge in [0.05, 0.1) is 49.7 Å². The van der Waals surface area contributed by atoms with Crippen molar-refractivity contribution in [2.24, 2.45) is 0 Å². The van der Waals surface area contributed by atoms with Crippen LogP contribution in [0.15, 0.2) is 33.2 Å². The zero-order chi connectivity index (χ0) is 23.4. The molecule has 0 spiro atoms. The highest BCUT2D eigenvalue weighted by atomic mass is 79.9. The first kappa shape index (κ1) is 23.9. The van der Waals surface area contributed by atoms with Crippen molar-refractivity contribution < 1.29 is 38.1 Å². The molecule has 0 saturated heterocycles. The maximum absolute atomic E-state index is 11.6. The summed E-state index contributed by atoms with van der Waals surface area (Å²) in [5.74, 6) is 0.0176. The summed E-state index contributed by atoms with van der Waals surface area (Å²) in [6.45, 7) is 0.710. The van der Waals surface area contributed by atoms with Crippen LogP contribution in [0.2, 0.25) is 0 Å². The molecule has 0 aromatic heterocycles. The van der Waals surface area contributed by atoms with Crippen LogP contribution in [0.25, 0.3) is 0 Å². The summed E-state index contributed by atoms with van der Waals surface area (Å²) >= 11 is 6.47. The van der Waals surface area contributed by atoms with Gasteiger partial charge < -0.3 is 18.9 Å². The SMILES string of the molecule is COC(=O)c1cc2c(cc1Br)C(=O)CCO2.COC(=O)c1cc2c(cc1Br)C(=O)CCO2. The Hall–Kier alpha value is -2.72. The van der Waals surface area contributed by atoms with Gasteiger partial charge in [0.1, 0.15) is 11.5 Å². The van der Waals surface area contributed by atoms with Gasteiger partial charge in [-0.15, -0.1) is 0 Å². The van der Waals surface area contributed by atoms with Crippen molar-refractivity contribution in [3.05, 3.63) is 55.5 Å². The van der Waals surface area contributed by atoms with E-state index in [9.17, 15) is 19.2 Å². The lowest BCUT2D eigenvalue weighted by molar-refractivity contribution is 0.0590. The van der Waals surface area contributed by atoms with E-state index in [1.54, 1.807) is 12.1 Å². The number of carbonyl (C=O) groups excluding carboxylic acids is 4. The third-order valence-corrected chi connectivity index (χ3v) is 6.04. The Bertz CT molecular complexity index is 1020. The summed E-state index contributed by atoms with van der Waals surface area (Å²) in [7, 11) is 2.61. The largest absolute Gasteiger partial charge is 0.492 e. The molecular weight excluding hydrogens is 552 g/mol. The highest BCUT2D eigenvalue weighted by Gasteiger charge is 2.24. The van der Waals surface area contributed by atoms with Gasteiger partial charge in [-0.1, -0.05) is 0 Å². The molecule has 0 N–H and O–H groups in total. The molecule has 168 valence electrons. The van der Waals surface area contributed by atoms with Crippen LogP contribution >= 0.6 is 31.9 Å². The standard InChI is InChI=1S/2C11H9BrO4/c2*1-15-11(14)6-5-10-7(4-8(6)12)9(13)2-3-16-10/h2*4-5H,2-3H2,1H3. The van der Waals surface area contributed by atoms with E-state index < -0.39 is 11.9 Å². The second-order valence-electron chi connectivity index (χ2n) is 6.68. The van der Waals surface area contributed by atoms with Crippen LogP contribution in [0, 0.1) is 0 Å². The number of rotatable bonds is 2. The van der Waals surface area contributed by atoms with Gasteiger partial charge >= 0.3 is 11.9 Å². The second kappa shape index (κ2) is 10.3. The second-order valence-corrected chi connectivity index (χ2v) is 8.39. The van der Waals surface area contributed by atoms with E-state index in [1.165, 1.54) is 26.4 Å². The van der Waals surface area contributed by atoms with Gasteiger partial charge in [-0.25, -0.2) is 9.59 Å². The average molecular weight is 570 g/mol. The smallest absolute Gasteiger partial charge is 0.339 e. The van der Waals surface area contributed by atoms with Crippen molar-refractivity contribution in [3.8, 4) is 11.5 Å². The molecule has 0 amide bonds. The van der Waals surface area contributed by atoms with Crippen molar-refractivity contribution in [3.63, 3.8) is 0 Å². The number of Topliss-reactive ketones (excluding diaryl/α,β-unsaturated/α-hetero) is 2. The van der Waals surface area contributed by atoms with Crippen LogP contribution in [-0.2, 0) is 9.47 Å². The molecule has 2 aliphatic rings. The van der Waals surface area contributed by atoms with Crippen molar-refractivity contribution in [1.82, 2.24) is 0 Å². The van der Waals surface area contributed by atoms with Crippen LogP contribution in [0.1, 0.15) is 54.3 Å². The average Bonchev–Trinajstić information content (AvgIpc) is 2.79. The molecule has 10 heteroatoms. The lowest BCUT2D eigenvalue weighted by atomic mass is 10.0. The number of hydrogen-bond donors (Lipinski definition) is 0. The number of ketones is 2. The molecule has 32 heavy (non-hydrogen) atoms. The molecule has 0 aliphatic carbocycles. The summed E-state index contributed by atoms with van der Waals surface area (Å²) in [4.78, 5) is 46.0. The van der Waals surface area contributed by atoms with Gasteiger partial charge in [-0.3, -0.25) is 9.59 Å². The molecule has 0 atom stereocenters. The van der Waals surface area contributed by atoms with Gasteiger partial charge in [0, 0.05) is 21.8 Å². The number of benzene rings is 2. The Morgan fingerprint density at radius 1 is 0.750 bits per heavy atom. The highest BCUT2D eigenvalue weighted by molar-refractivity contribution is 9.10. The Morgan fingerprint density at radius 2 is 1.12 bits per heavy atom. The van der Waals surface area contributed by atoms with E-state index in [0.717, 1.165) is 0 Å².